The van der Waals surface area contributed by atoms with Crippen molar-refractivity contribution in [3.8, 4) is 0 Å². The quantitative estimate of drug-likeness (QED) is 0.638. The largest absolute Gasteiger partial charge is 0.396 e. The molecule has 1 saturated heterocycles. The molecule has 1 aromatic heterocycles. The van der Waals surface area contributed by atoms with Gasteiger partial charge in [0.15, 0.2) is 5.78 Å². The van der Waals surface area contributed by atoms with Crippen molar-refractivity contribution in [2.75, 3.05) is 13.2 Å². The lowest BCUT2D eigenvalue weighted by molar-refractivity contribution is -0.133. The van der Waals surface area contributed by atoms with Gasteiger partial charge in [0, 0.05) is 18.0 Å². The zero-order chi connectivity index (χ0) is 17.0. The molecule has 2 unspecified atom stereocenters. The van der Waals surface area contributed by atoms with Crippen LogP contribution >= 0.6 is 11.3 Å². The zero-order valence-corrected chi connectivity index (χ0v) is 14.1. The SMILES string of the molecule is CC(=O)C1CCCN1C(=O)C(=O)c1ccc(C=CC(C)CO)s1. The van der Waals surface area contributed by atoms with Gasteiger partial charge in [-0.25, -0.2) is 0 Å². The Bertz CT molecular complexity index is 634. The highest BCUT2D eigenvalue weighted by Gasteiger charge is 2.35. The number of ketones is 2. The Kier molecular flexibility index (Phi) is 5.85. The van der Waals surface area contributed by atoms with E-state index >= 15 is 0 Å². The fourth-order valence-electron chi connectivity index (χ4n) is 2.55. The molecule has 1 amide bonds. The maximum Gasteiger partial charge on any atom is 0.296 e. The number of likely N-dealkylation sites (tertiary alicyclic amines) is 1. The molecule has 2 atom stereocenters. The first-order valence-corrected chi connectivity index (χ1v) is 8.50. The minimum atomic E-state index is -0.594. The van der Waals surface area contributed by atoms with E-state index in [1.807, 2.05) is 19.1 Å². The van der Waals surface area contributed by atoms with E-state index in [1.165, 1.54) is 23.2 Å². The second kappa shape index (κ2) is 7.66. The average Bonchev–Trinajstić information content (AvgIpc) is 3.19. The van der Waals surface area contributed by atoms with Crippen molar-refractivity contribution in [2.45, 2.75) is 32.7 Å². The lowest BCUT2D eigenvalue weighted by Gasteiger charge is -2.21. The molecule has 1 aliphatic rings. The third-order valence-electron chi connectivity index (χ3n) is 3.90. The number of nitrogens with zero attached hydrogens (tertiary/aromatic N) is 1. The van der Waals surface area contributed by atoms with E-state index in [4.69, 9.17) is 5.11 Å². The van der Waals surface area contributed by atoms with Gasteiger partial charge in [-0.15, -0.1) is 11.3 Å². The summed E-state index contributed by atoms with van der Waals surface area (Å²) in [6, 6.07) is 2.95. The van der Waals surface area contributed by atoms with Crippen molar-refractivity contribution in [3.63, 3.8) is 0 Å². The summed E-state index contributed by atoms with van der Waals surface area (Å²) < 4.78 is 0. The fraction of sp³-hybridized carbons (Fsp3) is 0.471. The Morgan fingerprint density at radius 2 is 2.17 bits per heavy atom. The summed E-state index contributed by atoms with van der Waals surface area (Å²) in [7, 11) is 0. The molecule has 1 aliphatic heterocycles. The van der Waals surface area contributed by atoms with Gasteiger partial charge in [-0.1, -0.05) is 13.0 Å². The Labute approximate surface area is 139 Å². The van der Waals surface area contributed by atoms with E-state index in [0.717, 1.165) is 11.3 Å². The van der Waals surface area contributed by atoms with Crippen LogP contribution in [0.3, 0.4) is 0 Å². The maximum absolute atomic E-state index is 12.4. The highest BCUT2D eigenvalue weighted by atomic mass is 32.1. The second-order valence-electron chi connectivity index (χ2n) is 5.82. The predicted molar refractivity (Wildman–Crippen MR) is 89.3 cm³/mol. The van der Waals surface area contributed by atoms with Crippen LogP contribution in [-0.4, -0.2) is 46.7 Å². The normalized spacial score (nSPS) is 19.3. The van der Waals surface area contributed by atoms with Gasteiger partial charge in [0.1, 0.15) is 0 Å². The first kappa shape index (κ1) is 17.6. The molecule has 23 heavy (non-hydrogen) atoms. The van der Waals surface area contributed by atoms with E-state index in [-0.39, 0.29) is 18.3 Å². The lowest BCUT2D eigenvalue weighted by atomic mass is 10.1. The summed E-state index contributed by atoms with van der Waals surface area (Å²) in [5.41, 5.74) is 0. The van der Waals surface area contributed by atoms with Crippen LogP contribution < -0.4 is 0 Å². The molecule has 0 bridgehead atoms. The minimum Gasteiger partial charge on any atom is -0.396 e. The number of aliphatic hydroxyl groups excluding tert-OH is 1. The summed E-state index contributed by atoms with van der Waals surface area (Å²) in [4.78, 5) is 38.9. The summed E-state index contributed by atoms with van der Waals surface area (Å²) in [5.74, 6) is -1.18. The van der Waals surface area contributed by atoms with E-state index < -0.39 is 17.7 Å². The molecule has 0 saturated carbocycles. The minimum absolute atomic E-state index is 0.0406. The third kappa shape index (κ3) is 4.14. The number of carbonyl (C=O) groups excluding carboxylic acids is 3. The number of amides is 1. The molecule has 1 N–H and O–H groups in total. The molecule has 2 rings (SSSR count). The van der Waals surface area contributed by atoms with Crippen molar-refractivity contribution >= 4 is 34.9 Å². The first-order chi connectivity index (χ1) is 10.9. The standard InChI is InChI=1S/C17H21NO4S/c1-11(10-19)5-6-13-7-8-15(23-13)16(21)17(22)18-9-3-4-14(18)12(2)20/h5-8,11,14,19H,3-4,9-10H2,1-2H3. The van der Waals surface area contributed by atoms with Gasteiger partial charge in [-0.05, 0) is 43.9 Å². The molecular weight excluding hydrogens is 314 g/mol. The van der Waals surface area contributed by atoms with Crippen LogP contribution in [0.2, 0.25) is 0 Å². The van der Waals surface area contributed by atoms with Crippen molar-refractivity contribution in [1.82, 2.24) is 4.90 Å². The van der Waals surface area contributed by atoms with Crippen LogP contribution in [0.4, 0.5) is 0 Å². The molecular formula is C17H21NO4S. The molecule has 1 aromatic rings. The van der Waals surface area contributed by atoms with Gasteiger partial charge in [0.25, 0.3) is 11.7 Å². The monoisotopic (exact) mass is 335 g/mol. The number of thiophene rings is 1. The van der Waals surface area contributed by atoms with Crippen molar-refractivity contribution in [3.05, 3.63) is 28.0 Å². The highest BCUT2D eigenvalue weighted by molar-refractivity contribution is 7.15. The summed E-state index contributed by atoms with van der Waals surface area (Å²) in [6.45, 7) is 3.86. The molecule has 0 spiro atoms. The molecule has 0 radical (unpaired) electrons. The predicted octanol–water partition coefficient (Wildman–Crippen LogP) is 2.15. The number of aliphatic hydroxyl groups is 1. The molecule has 0 aliphatic carbocycles. The Balaban J connectivity index is 2.08. The van der Waals surface area contributed by atoms with Crippen LogP contribution in [0, 0.1) is 5.92 Å². The Morgan fingerprint density at radius 3 is 2.83 bits per heavy atom. The smallest absolute Gasteiger partial charge is 0.296 e. The number of carbonyl (C=O) groups is 3. The van der Waals surface area contributed by atoms with Crippen molar-refractivity contribution in [2.24, 2.45) is 5.92 Å². The molecule has 0 aromatic carbocycles. The number of Topliss-reactive ketones (excluding diaryl/α,β-unsaturated/α-hetero) is 2. The van der Waals surface area contributed by atoms with Gasteiger partial charge < -0.3 is 10.0 Å². The van der Waals surface area contributed by atoms with Gasteiger partial charge in [0.2, 0.25) is 0 Å². The van der Waals surface area contributed by atoms with Gasteiger partial charge >= 0.3 is 0 Å². The van der Waals surface area contributed by atoms with Crippen molar-refractivity contribution < 1.29 is 19.5 Å². The lowest BCUT2D eigenvalue weighted by Crippen LogP contribution is -2.43. The molecule has 6 heteroatoms. The average molecular weight is 335 g/mol. The van der Waals surface area contributed by atoms with Gasteiger partial charge in [-0.3, -0.25) is 14.4 Å². The highest BCUT2D eigenvalue weighted by Crippen LogP contribution is 2.23. The molecule has 5 nitrogen and oxygen atoms in total. The number of rotatable bonds is 6. The van der Waals surface area contributed by atoms with E-state index in [2.05, 4.69) is 0 Å². The van der Waals surface area contributed by atoms with E-state index in [0.29, 0.717) is 17.8 Å². The molecule has 124 valence electrons. The zero-order valence-electron chi connectivity index (χ0n) is 13.3. The van der Waals surface area contributed by atoms with Crippen LogP contribution in [0.1, 0.15) is 41.2 Å². The van der Waals surface area contributed by atoms with E-state index in [1.54, 1.807) is 12.1 Å². The fourth-order valence-corrected chi connectivity index (χ4v) is 3.41. The van der Waals surface area contributed by atoms with Crippen LogP contribution in [-0.2, 0) is 9.59 Å². The first-order valence-electron chi connectivity index (χ1n) is 7.68. The third-order valence-corrected chi connectivity index (χ3v) is 4.95. The van der Waals surface area contributed by atoms with Crippen LogP contribution in [0.5, 0.6) is 0 Å². The van der Waals surface area contributed by atoms with Crippen LogP contribution in [0.15, 0.2) is 18.2 Å². The summed E-state index contributed by atoms with van der Waals surface area (Å²) >= 11 is 1.24. The van der Waals surface area contributed by atoms with E-state index in [9.17, 15) is 14.4 Å². The second-order valence-corrected chi connectivity index (χ2v) is 6.93. The Morgan fingerprint density at radius 1 is 1.43 bits per heavy atom. The molecule has 1 fully saturated rings. The number of hydrogen-bond acceptors (Lipinski definition) is 5. The van der Waals surface area contributed by atoms with Gasteiger partial charge in [0.05, 0.1) is 10.9 Å². The molecule has 2 heterocycles. The van der Waals surface area contributed by atoms with Gasteiger partial charge in [-0.2, -0.15) is 0 Å². The maximum atomic E-state index is 12.4. The number of hydrogen-bond donors (Lipinski definition) is 1. The van der Waals surface area contributed by atoms with Crippen LogP contribution in [0.25, 0.3) is 6.08 Å². The Hall–Kier alpha value is -1.79. The summed E-state index contributed by atoms with van der Waals surface area (Å²) in [6.07, 6.45) is 5.07. The topological polar surface area (TPSA) is 74.7 Å². The van der Waals surface area contributed by atoms with Crippen molar-refractivity contribution in [1.29, 1.82) is 0 Å². The summed E-state index contributed by atoms with van der Waals surface area (Å²) in [5, 5.41) is 8.99.